The van der Waals surface area contributed by atoms with E-state index in [0.29, 0.717) is 6.04 Å². The van der Waals surface area contributed by atoms with Crippen LogP contribution >= 0.6 is 34.4 Å². The molecule has 18 heavy (non-hydrogen) atoms. The molecule has 0 spiro atoms. The molecule has 0 saturated heterocycles. The number of rotatable bonds is 2. The zero-order valence-electron chi connectivity index (χ0n) is 10.1. The van der Waals surface area contributed by atoms with Gasteiger partial charge in [-0.1, -0.05) is 24.3 Å². The molecule has 0 saturated carbocycles. The molecular weight excluding hydrogens is 353 g/mol. The van der Waals surface area contributed by atoms with Crippen molar-refractivity contribution < 1.29 is 0 Å². The van der Waals surface area contributed by atoms with Crippen molar-refractivity contribution in [3.8, 4) is 0 Å². The Labute approximate surface area is 126 Å². The van der Waals surface area contributed by atoms with E-state index in [1.807, 2.05) is 11.8 Å². The summed E-state index contributed by atoms with van der Waals surface area (Å²) in [5.41, 5.74) is 3.98. The SMILES string of the molecule is Cc1ccc(NC2CSc3ccccc32)cc1I. The van der Waals surface area contributed by atoms with Gasteiger partial charge in [0, 0.05) is 19.9 Å². The van der Waals surface area contributed by atoms with Gasteiger partial charge in [0.1, 0.15) is 0 Å². The lowest BCUT2D eigenvalue weighted by atomic mass is 10.1. The molecule has 1 heterocycles. The van der Waals surface area contributed by atoms with Crippen molar-refractivity contribution in [1.29, 1.82) is 0 Å². The first-order valence-corrected chi connectivity index (χ1v) is 8.05. The lowest BCUT2D eigenvalue weighted by Gasteiger charge is -2.15. The number of halogens is 1. The molecule has 3 rings (SSSR count). The Bertz CT molecular complexity index is 582. The molecule has 1 unspecified atom stereocenters. The third-order valence-electron chi connectivity index (χ3n) is 3.21. The number of fused-ring (bicyclic) bond motifs is 1. The zero-order chi connectivity index (χ0) is 12.5. The van der Waals surface area contributed by atoms with Crippen LogP contribution in [0.15, 0.2) is 47.4 Å². The molecule has 1 atom stereocenters. The average molecular weight is 367 g/mol. The number of anilines is 1. The monoisotopic (exact) mass is 367 g/mol. The van der Waals surface area contributed by atoms with Gasteiger partial charge in [-0.3, -0.25) is 0 Å². The number of benzene rings is 2. The highest BCUT2D eigenvalue weighted by atomic mass is 127. The van der Waals surface area contributed by atoms with Crippen molar-refractivity contribution in [2.45, 2.75) is 17.9 Å². The van der Waals surface area contributed by atoms with Crippen LogP contribution in [0.1, 0.15) is 17.2 Å². The Morgan fingerprint density at radius 2 is 2.06 bits per heavy atom. The van der Waals surface area contributed by atoms with Crippen LogP contribution in [-0.2, 0) is 0 Å². The van der Waals surface area contributed by atoms with Gasteiger partial charge in [-0.2, -0.15) is 0 Å². The summed E-state index contributed by atoms with van der Waals surface area (Å²) in [5.74, 6) is 1.11. The standard InChI is InChI=1S/C15H14INS/c1-10-6-7-11(8-13(10)16)17-14-9-18-15-5-3-2-4-12(14)15/h2-8,14,17H,9H2,1H3. The Hall–Kier alpha value is -0.680. The van der Waals surface area contributed by atoms with Crippen LogP contribution in [-0.4, -0.2) is 5.75 Å². The topological polar surface area (TPSA) is 12.0 Å². The van der Waals surface area contributed by atoms with E-state index in [9.17, 15) is 0 Å². The van der Waals surface area contributed by atoms with Crippen molar-refractivity contribution in [2.75, 3.05) is 11.1 Å². The highest BCUT2D eigenvalue weighted by Gasteiger charge is 2.22. The predicted molar refractivity (Wildman–Crippen MR) is 87.4 cm³/mol. The summed E-state index contributed by atoms with van der Waals surface area (Å²) >= 11 is 4.33. The smallest absolute Gasteiger partial charge is 0.0618 e. The van der Waals surface area contributed by atoms with Crippen LogP contribution in [0.5, 0.6) is 0 Å². The molecule has 0 bridgehead atoms. The van der Waals surface area contributed by atoms with Gasteiger partial charge in [0.25, 0.3) is 0 Å². The van der Waals surface area contributed by atoms with E-state index >= 15 is 0 Å². The Balaban J connectivity index is 1.84. The highest BCUT2D eigenvalue weighted by Crippen LogP contribution is 2.39. The van der Waals surface area contributed by atoms with Gasteiger partial charge in [0.05, 0.1) is 6.04 Å². The van der Waals surface area contributed by atoms with Crippen molar-refractivity contribution in [3.63, 3.8) is 0 Å². The van der Waals surface area contributed by atoms with E-state index < -0.39 is 0 Å². The van der Waals surface area contributed by atoms with Crippen LogP contribution in [0, 0.1) is 10.5 Å². The van der Waals surface area contributed by atoms with Gasteiger partial charge in [-0.15, -0.1) is 11.8 Å². The van der Waals surface area contributed by atoms with Crippen LogP contribution < -0.4 is 5.32 Å². The molecule has 0 aromatic heterocycles. The van der Waals surface area contributed by atoms with Crippen LogP contribution in [0.2, 0.25) is 0 Å². The molecule has 0 radical (unpaired) electrons. The molecule has 2 aromatic carbocycles. The first kappa shape index (κ1) is 12.4. The summed E-state index contributed by atoms with van der Waals surface area (Å²) in [7, 11) is 0. The van der Waals surface area contributed by atoms with Crippen molar-refractivity contribution in [1.82, 2.24) is 0 Å². The van der Waals surface area contributed by atoms with Gasteiger partial charge < -0.3 is 5.32 Å². The molecule has 1 N–H and O–H groups in total. The fraction of sp³-hybridized carbons (Fsp3) is 0.200. The molecule has 0 fully saturated rings. The quantitative estimate of drug-likeness (QED) is 0.761. The molecule has 92 valence electrons. The summed E-state index contributed by atoms with van der Waals surface area (Å²) in [4.78, 5) is 1.41. The summed E-state index contributed by atoms with van der Waals surface area (Å²) in [6.07, 6.45) is 0. The zero-order valence-corrected chi connectivity index (χ0v) is 13.1. The third-order valence-corrected chi connectivity index (χ3v) is 5.56. The van der Waals surface area contributed by atoms with Crippen molar-refractivity contribution >= 4 is 40.0 Å². The van der Waals surface area contributed by atoms with E-state index in [0.717, 1.165) is 5.75 Å². The van der Waals surface area contributed by atoms with Crippen LogP contribution in [0.4, 0.5) is 5.69 Å². The second-order valence-electron chi connectivity index (χ2n) is 4.51. The second kappa shape index (κ2) is 5.13. The van der Waals surface area contributed by atoms with Gasteiger partial charge >= 0.3 is 0 Å². The lowest BCUT2D eigenvalue weighted by molar-refractivity contribution is 0.900. The van der Waals surface area contributed by atoms with Crippen molar-refractivity contribution in [3.05, 3.63) is 57.2 Å². The number of nitrogens with one attached hydrogen (secondary N) is 1. The molecule has 0 aliphatic carbocycles. The molecule has 3 heteroatoms. The summed E-state index contributed by atoms with van der Waals surface area (Å²) in [6.45, 7) is 2.15. The maximum Gasteiger partial charge on any atom is 0.0618 e. The summed E-state index contributed by atoms with van der Waals surface area (Å²) in [5, 5.41) is 3.64. The van der Waals surface area contributed by atoms with E-state index in [1.54, 1.807) is 0 Å². The second-order valence-corrected chi connectivity index (χ2v) is 6.73. The molecule has 1 aliphatic rings. The molecule has 1 aliphatic heterocycles. The van der Waals surface area contributed by atoms with E-state index in [2.05, 4.69) is 77.3 Å². The van der Waals surface area contributed by atoms with E-state index in [-0.39, 0.29) is 0 Å². The number of hydrogen-bond acceptors (Lipinski definition) is 2. The number of aryl methyl sites for hydroxylation is 1. The molecular formula is C15H14INS. The third kappa shape index (κ3) is 2.38. The minimum absolute atomic E-state index is 0.435. The summed E-state index contributed by atoms with van der Waals surface area (Å²) in [6, 6.07) is 15.7. The average Bonchev–Trinajstić information content (AvgIpc) is 2.78. The van der Waals surface area contributed by atoms with Gasteiger partial charge in [-0.25, -0.2) is 0 Å². The minimum Gasteiger partial charge on any atom is -0.377 e. The predicted octanol–water partition coefficient (Wildman–Crippen LogP) is 4.86. The number of hydrogen-bond donors (Lipinski definition) is 1. The first-order chi connectivity index (χ1) is 8.74. The van der Waals surface area contributed by atoms with E-state index in [1.165, 1.54) is 25.3 Å². The molecule has 0 amide bonds. The number of thioether (sulfide) groups is 1. The fourth-order valence-corrected chi connectivity index (χ4v) is 3.84. The Morgan fingerprint density at radius 3 is 2.89 bits per heavy atom. The van der Waals surface area contributed by atoms with Gasteiger partial charge in [-0.05, 0) is 58.8 Å². The maximum atomic E-state index is 3.64. The fourth-order valence-electron chi connectivity index (χ4n) is 2.17. The maximum absolute atomic E-state index is 3.64. The summed E-state index contributed by atoms with van der Waals surface area (Å²) < 4.78 is 1.32. The van der Waals surface area contributed by atoms with Crippen molar-refractivity contribution in [2.24, 2.45) is 0 Å². The minimum atomic E-state index is 0.435. The normalized spacial score (nSPS) is 17.6. The van der Waals surface area contributed by atoms with Crippen LogP contribution in [0.25, 0.3) is 0 Å². The first-order valence-electron chi connectivity index (χ1n) is 5.98. The highest BCUT2D eigenvalue weighted by molar-refractivity contribution is 14.1. The van der Waals surface area contributed by atoms with E-state index in [4.69, 9.17) is 0 Å². The Kier molecular flexibility index (Phi) is 3.52. The lowest BCUT2D eigenvalue weighted by Crippen LogP contribution is -2.09. The largest absolute Gasteiger partial charge is 0.377 e. The van der Waals surface area contributed by atoms with Gasteiger partial charge in [0.15, 0.2) is 0 Å². The molecule has 2 aromatic rings. The molecule has 1 nitrogen and oxygen atoms in total. The Morgan fingerprint density at radius 1 is 1.22 bits per heavy atom. The van der Waals surface area contributed by atoms with Crippen LogP contribution in [0.3, 0.4) is 0 Å². The van der Waals surface area contributed by atoms with Gasteiger partial charge in [0.2, 0.25) is 0 Å².